The van der Waals surface area contributed by atoms with Crippen LogP contribution in [0.5, 0.6) is 0 Å². The van der Waals surface area contributed by atoms with Crippen LogP contribution in [0.4, 0.5) is 4.39 Å². The van der Waals surface area contributed by atoms with Crippen LogP contribution in [0.15, 0.2) is 18.2 Å². The molecule has 1 aromatic carbocycles. The highest BCUT2D eigenvalue weighted by Gasteiger charge is 2.45. The van der Waals surface area contributed by atoms with Crippen LogP contribution in [0.2, 0.25) is 5.02 Å². The summed E-state index contributed by atoms with van der Waals surface area (Å²) >= 11 is 6.07. The summed E-state index contributed by atoms with van der Waals surface area (Å²) < 4.78 is 13.0. The third-order valence-electron chi connectivity index (χ3n) is 3.32. The van der Waals surface area contributed by atoms with Gasteiger partial charge in [-0.25, -0.2) is 4.39 Å². The van der Waals surface area contributed by atoms with E-state index in [2.05, 4.69) is 10.6 Å². The van der Waals surface area contributed by atoms with E-state index in [9.17, 15) is 9.18 Å². The average Bonchev–Trinajstić information content (AvgIpc) is 3.08. The standard InChI is InChI=1S/C13H16ClFN2O.ClH/c1-16-7-12(18)17-8-13(4-5-13)10-3-2-9(15)6-11(10)14;/h2-3,6,16H,4-5,7-8H2,1H3,(H,17,18);1H. The van der Waals surface area contributed by atoms with Crippen molar-refractivity contribution in [3.63, 3.8) is 0 Å². The molecule has 2 N–H and O–H groups in total. The van der Waals surface area contributed by atoms with Gasteiger partial charge in [-0.3, -0.25) is 4.79 Å². The van der Waals surface area contributed by atoms with Crippen LogP contribution in [0, 0.1) is 5.82 Å². The molecule has 0 spiro atoms. The molecule has 0 aromatic heterocycles. The lowest BCUT2D eigenvalue weighted by Crippen LogP contribution is -2.37. The molecule has 1 aliphatic carbocycles. The summed E-state index contributed by atoms with van der Waals surface area (Å²) in [6.45, 7) is 0.853. The Morgan fingerprint density at radius 2 is 2.16 bits per heavy atom. The fourth-order valence-corrected chi connectivity index (χ4v) is 2.47. The Morgan fingerprint density at radius 3 is 2.68 bits per heavy atom. The molecule has 0 unspecified atom stereocenters. The van der Waals surface area contributed by atoms with Crippen molar-refractivity contribution in [3.05, 3.63) is 34.6 Å². The van der Waals surface area contributed by atoms with Crippen molar-refractivity contribution in [1.82, 2.24) is 10.6 Å². The van der Waals surface area contributed by atoms with E-state index in [4.69, 9.17) is 11.6 Å². The first kappa shape index (κ1) is 16.2. The number of halogens is 3. The maximum atomic E-state index is 13.0. The van der Waals surface area contributed by atoms with Crippen LogP contribution in [0.1, 0.15) is 18.4 Å². The van der Waals surface area contributed by atoms with E-state index >= 15 is 0 Å². The van der Waals surface area contributed by atoms with Crippen LogP contribution in [-0.4, -0.2) is 26.0 Å². The van der Waals surface area contributed by atoms with Gasteiger partial charge in [0.15, 0.2) is 0 Å². The molecular weight excluding hydrogens is 290 g/mol. The van der Waals surface area contributed by atoms with Crippen LogP contribution >= 0.6 is 24.0 Å². The van der Waals surface area contributed by atoms with Crippen molar-refractivity contribution in [1.29, 1.82) is 0 Å². The molecule has 3 nitrogen and oxygen atoms in total. The molecule has 0 saturated heterocycles. The Morgan fingerprint density at radius 1 is 1.47 bits per heavy atom. The van der Waals surface area contributed by atoms with Gasteiger partial charge in [-0.2, -0.15) is 0 Å². The van der Waals surface area contributed by atoms with Gasteiger partial charge in [0.2, 0.25) is 5.91 Å². The van der Waals surface area contributed by atoms with Gasteiger partial charge in [0.25, 0.3) is 0 Å². The van der Waals surface area contributed by atoms with E-state index in [1.54, 1.807) is 13.1 Å². The average molecular weight is 307 g/mol. The van der Waals surface area contributed by atoms with Crippen molar-refractivity contribution in [2.24, 2.45) is 0 Å². The summed E-state index contributed by atoms with van der Waals surface area (Å²) in [5.74, 6) is -0.374. The zero-order chi connectivity index (χ0) is 13.2. The van der Waals surface area contributed by atoms with E-state index in [0.29, 0.717) is 18.1 Å². The number of hydrogen-bond acceptors (Lipinski definition) is 2. The van der Waals surface area contributed by atoms with Crippen LogP contribution in [0.3, 0.4) is 0 Å². The first-order chi connectivity index (χ1) is 8.57. The molecule has 106 valence electrons. The van der Waals surface area contributed by atoms with Crippen LogP contribution in [-0.2, 0) is 10.2 Å². The van der Waals surface area contributed by atoms with Crippen molar-refractivity contribution in [2.45, 2.75) is 18.3 Å². The highest BCUT2D eigenvalue weighted by molar-refractivity contribution is 6.31. The van der Waals surface area contributed by atoms with Gasteiger partial charge in [-0.05, 0) is 37.6 Å². The number of likely N-dealkylation sites (N-methyl/N-ethyl adjacent to an activating group) is 1. The molecule has 19 heavy (non-hydrogen) atoms. The molecule has 6 heteroatoms. The fourth-order valence-electron chi connectivity index (χ4n) is 2.10. The topological polar surface area (TPSA) is 41.1 Å². The van der Waals surface area contributed by atoms with Gasteiger partial charge in [0.05, 0.1) is 6.54 Å². The zero-order valence-electron chi connectivity index (χ0n) is 10.6. The van der Waals surface area contributed by atoms with Crippen molar-refractivity contribution in [2.75, 3.05) is 20.1 Å². The molecule has 1 fully saturated rings. The summed E-state index contributed by atoms with van der Waals surface area (Å²) in [5.41, 5.74) is 0.823. The first-order valence-electron chi connectivity index (χ1n) is 5.94. The van der Waals surface area contributed by atoms with Gasteiger partial charge in [0.1, 0.15) is 5.82 Å². The minimum Gasteiger partial charge on any atom is -0.354 e. The molecule has 0 aliphatic heterocycles. The normalized spacial score (nSPS) is 15.5. The van der Waals surface area contributed by atoms with Gasteiger partial charge in [-0.15, -0.1) is 12.4 Å². The summed E-state index contributed by atoms with van der Waals surface area (Å²) in [6, 6.07) is 4.46. The number of carbonyl (C=O) groups excluding carboxylic acids is 1. The summed E-state index contributed by atoms with van der Waals surface area (Å²) in [6.07, 6.45) is 1.94. The minimum absolute atomic E-state index is 0. The van der Waals surface area contributed by atoms with Crippen LogP contribution < -0.4 is 10.6 Å². The lowest BCUT2D eigenvalue weighted by molar-refractivity contribution is -0.120. The number of nitrogens with one attached hydrogen (secondary N) is 2. The Labute approximate surface area is 123 Å². The van der Waals surface area contributed by atoms with E-state index in [-0.39, 0.29) is 29.5 Å². The second-order valence-corrected chi connectivity index (χ2v) is 5.12. The van der Waals surface area contributed by atoms with Crippen molar-refractivity contribution < 1.29 is 9.18 Å². The molecular formula is C13H17Cl2FN2O. The predicted octanol–water partition coefficient (Wildman–Crippen LogP) is 2.27. The predicted molar refractivity (Wildman–Crippen MR) is 76.5 cm³/mol. The van der Waals surface area contributed by atoms with E-state index < -0.39 is 0 Å². The minimum atomic E-state index is -0.334. The van der Waals surface area contributed by atoms with Gasteiger partial charge >= 0.3 is 0 Å². The third-order valence-corrected chi connectivity index (χ3v) is 3.63. The maximum absolute atomic E-state index is 13.0. The van der Waals surface area contributed by atoms with E-state index in [0.717, 1.165) is 18.4 Å². The Hall–Kier alpha value is -0.840. The smallest absolute Gasteiger partial charge is 0.233 e. The fraction of sp³-hybridized carbons (Fsp3) is 0.462. The van der Waals surface area contributed by atoms with Crippen molar-refractivity contribution in [3.8, 4) is 0 Å². The second-order valence-electron chi connectivity index (χ2n) is 4.71. The van der Waals surface area contributed by atoms with Gasteiger partial charge in [-0.1, -0.05) is 17.7 Å². The molecule has 0 heterocycles. The first-order valence-corrected chi connectivity index (χ1v) is 6.32. The lowest BCUT2D eigenvalue weighted by Gasteiger charge is -2.18. The zero-order valence-corrected chi connectivity index (χ0v) is 12.2. The number of hydrogen-bond donors (Lipinski definition) is 2. The maximum Gasteiger partial charge on any atom is 0.233 e. The largest absolute Gasteiger partial charge is 0.354 e. The highest BCUT2D eigenvalue weighted by atomic mass is 35.5. The number of rotatable bonds is 5. The quantitative estimate of drug-likeness (QED) is 0.876. The Balaban J connectivity index is 0.00000180. The molecule has 1 aliphatic rings. The summed E-state index contributed by atoms with van der Waals surface area (Å²) in [4.78, 5) is 11.4. The van der Waals surface area contributed by atoms with E-state index in [1.807, 2.05) is 0 Å². The lowest BCUT2D eigenvalue weighted by atomic mass is 9.95. The Bertz CT molecular complexity index is 464. The molecule has 0 atom stereocenters. The molecule has 0 radical (unpaired) electrons. The van der Waals surface area contributed by atoms with Crippen LogP contribution in [0.25, 0.3) is 0 Å². The second kappa shape index (κ2) is 6.55. The molecule has 2 rings (SSSR count). The van der Waals surface area contributed by atoms with Gasteiger partial charge in [0, 0.05) is 17.0 Å². The summed E-state index contributed by atoms with van der Waals surface area (Å²) in [5, 5.41) is 6.11. The molecule has 0 bridgehead atoms. The van der Waals surface area contributed by atoms with Crippen molar-refractivity contribution >= 4 is 29.9 Å². The molecule has 1 aromatic rings. The number of carbonyl (C=O) groups is 1. The number of amides is 1. The summed E-state index contributed by atoms with van der Waals surface area (Å²) in [7, 11) is 1.73. The Kier molecular flexibility index (Phi) is 5.59. The third kappa shape index (κ3) is 3.81. The monoisotopic (exact) mass is 306 g/mol. The molecule has 1 saturated carbocycles. The highest BCUT2D eigenvalue weighted by Crippen LogP contribution is 2.50. The molecule has 1 amide bonds. The van der Waals surface area contributed by atoms with E-state index in [1.165, 1.54) is 12.1 Å². The SMILES string of the molecule is CNCC(=O)NCC1(c2ccc(F)cc2Cl)CC1.Cl. The van der Waals surface area contributed by atoms with Gasteiger partial charge < -0.3 is 10.6 Å². The number of benzene rings is 1.